The van der Waals surface area contributed by atoms with Crippen molar-refractivity contribution in [3.05, 3.63) is 132 Å². The normalized spacial score (nSPS) is 11.3. The molecule has 0 bridgehead atoms. The summed E-state index contributed by atoms with van der Waals surface area (Å²) in [5.74, 6) is 0. The lowest BCUT2D eigenvalue weighted by Gasteiger charge is -2.15. The second-order valence-electron chi connectivity index (χ2n) is 10.3. The molecule has 0 saturated carbocycles. The lowest BCUT2D eigenvalue weighted by molar-refractivity contribution is 1.48. The summed E-state index contributed by atoms with van der Waals surface area (Å²) >= 11 is 3.56. The molecule has 6 aromatic carbocycles. The molecule has 0 unspecified atom stereocenters. The summed E-state index contributed by atoms with van der Waals surface area (Å²) in [5.41, 5.74) is 7.82. The summed E-state index contributed by atoms with van der Waals surface area (Å²) in [5, 5.41) is 24.3. The first-order valence-corrected chi connectivity index (χ1v) is 15.3. The molecular weight excluding hydrogens is 549 g/mol. The first-order valence-electron chi connectivity index (χ1n) is 13.6. The molecular formula is C38H20N2S2. The standard InChI is InChI=1S/C38H20N2S2/c39-21-23-12-17-35-33(18-23)29-16-14-25(20-37(29)42-35)24-13-15-28(32(19-24)27-7-2-1-6-26(27)22-40)30-9-5-11-36-38(30)31-8-3-4-10-34(31)41-36/h1-20H. The number of hydrogen-bond donors (Lipinski definition) is 0. The third kappa shape index (κ3) is 3.82. The molecule has 2 nitrogen and oxygen atoms in total. The largest absolute Gasteiger partial charge is 0.192 e. The van der Waals surface area contributed by atoms with Crippen LogP contribution in [0, 0.1) is 22.7 Å². The number of benzene rings is 6. The SMILES string of the molecule is N#Cc1ccc2sc3cc(-c4ccc(-c5cccc6sc7ccccc7c56)c(-c5ccccc5C#N)c4)ccc3c2c1. The molecule has 0 aliphatic rings. The van der Waals surface area contributed by atoms with Crippen LogP contribution in [0.4, 0.5) is 0 Å². The summed E-state index contributed by atoms with van der Waals surface area (Å²) < 4.78 is 4.90. The van der Waals surface area contributed by atoms with Crippen molar-refractivity contribution in [1.82, 2.24) is 0 Å². The Morgan fingerprint density at radius 1 is 0.429 bits per heavy atom. The lowest BCUT2D eigenvalue weighted by atomic mass is 9.87. The van der Waals surface area contributed by atoms with Gasteiger partial charge < -0.3 is 0 Å². The maximum absolute atomic E-state index is 10.1. The van der Waals surface area contributed by atoms with Crippen LogP contribution in [0.15, 0.2) is 121 Å². The molecule has 42 heavy (non-hydrogen) atoms. The van der Waals surface area contributed by atoms with Gasteiger partial charge in [-0.2, -0.15) is 10.5 Å². The van der Waals surface area contributed by atoms with Crippen LogP contribution in [0.3, 0.4) is 0 Å². The average Bonchev–Trinajstić information content (AvgIpc) is 3.62. The van der Waals surface area contributed by atoms with E-state index in [4.69, 9.17) is 0 Å². The molecule has 0 spiro atoms. The van der Waals surface area contributed by atoms with Gasteiger partial charge in [-0.15, -0.1) is 22.7 Å². The molecule has 8 rings (SSSR count). The molecule has 8 aromatic rings. The highest BCUT2D eigenvalue weighted by Gasteiger charge is 2.17. The average molecular weight is 569 g/mol. The van der Waals surface area contributed by atoms with Gasteiger partial charge in [-0.3, -0.25) is 0 Å². The van der Waals surface area contributed by atoms with Gasteiger partial charge in [0.05, 0.1) is 23.3 Å². The Balaban J connectivity index is 1.37. The number of fused-ring (bicyclic) bond motifs is 6. The van der Waals surface area contributed by atoms with Crippen LogP contribution in [-0.4, -0.2) is 0 Å². The third-order valence-corrected chi connectivity index (χ3v) is 10.3. The van der Waals surface area contributed by atoms with E-state index in [-0.39, 0.29) is 0 Å². The van der Waals surface area contributed by atoms with Gasteiger partial charge >= 0.3 is 0 Å². The minimum atomic E-state index is 0.659. The smallest absolute Gasteiger partial charge is 0.0998 e. The minimum absolute atomic E-state index is 0.659. The monoisotopic (exact) mass is 568 g/mol. The van der Waals surface area contributed by atoms with Gasteiger partial charge in [-0.05, 0) is 76.3 Å². The Morgan fingerprint density at radius 3 is 2.07 bits per heavy atom. The van der Waals surface area contributed by atoms with E-state index in [1.807, 2.05) is 47.7 Å². The lowest BCUT2D eigenvalue weighted by Crippen LogP contribution is -1.91. The van der Waals surface area contributed by atoms with Crippen molar-refractivity contribution in [3.63, 3.8) is 0 Å². The summed E-state index contributed by atoms with van der Waals surface area (Å²) in [6.45, 7) is 0. The Bertz CT molecular complexity index is 2450. The van der Waals surface area contributed by atoms with E-state index >= 15 is 0 Å². The molecule has 0 fully saturated rings. The van der Waals surface area contributed by atoms with Crippen molar-refractivity contribution >= 4 is 63.0 Å². The van der Waals surface area contributed by atoms with Gasteiger partial charge in [-0.25, -0.2) is 0 Å². The van der Waals surface area contributed by atoms with Crippen LogP contribution in [0.25, 0.3) is 73.7 Å². The molecule has 2 heterocycles. The Kier molecular flexibility index (Phi) is 5.66. The minimum Gasteiger partial charge on any atom is -0.192 e. The quantitative estimate of drug-likeness (QED) is 0.213. The van der Waals surface area contributed by atoms with E-state index in [9.17, 15) is 10.5 Å². The summed E-state index contributed by atoms with van der Waals surface area (Å²) in [6.07, 6.45) is 0. The highest BCUT2D eigenvalue weighted by atomic mass is 32.1. The van der Waals surface area contributed by atoms with Crippen LogP contribution in [-0.2, 0) is 0 Å². The Morgan fingerprint density at radius 2 is 1.17 bits per heavy atom. The fraction of sp³-hybridized carbons (Fsp3) is 0. The molecule has 0 atom stereocenters. The van der Waals surface area contributed by atoms with E-state index in [2.05, 4.69) is 97.1 Å². The first-order chi connectivity index (χ1) is 20.7. The second kappa shape index (κ2) is 9.68. The number of nitrogens with zero attached hydrogens (tertiary/aromatic N) is 2. The maximum atomic E-state index is 10.1. The van der Waals surface area contributed by atoms with Gasteiger partial charge in [0.2, 0.25) is 0 Å². The van der Waals surface area contributed by atoms with Crippen LogP contribution in [0.2, 0.25) is 0 Å². The van der Waals surface area contributed by atoms with Gasteiger partial charge in [0.1, 0.15) is 0 Å². The van der Waals surface area contributed by atoms with E-state index in [1.54, 1.807) is 11.3 Å². The molecule has 0 amide bonds. The summed E-state index contributed by atoms with van der Waals surface area (Å²) in [6, 6.07) is 46.8. The molecule has 0 N–H and O–H groups in total. The van der Waals surface area contributed by atoms with E-state index in [0.717, 1.165) is 33.2 Å². The molecule has 0 aliphatic heterocycles. The predicted octanol–water partition coefficient (Wildman–Crippen LogP) is 11.2. The molecule has 0 aliphatic carbocycles. The molecule has 0 saturated heterocycles. The molecule has 194 valence electrons. The number of rotatable bonds is 3. The van der Waals surface area contributed by atoms with Gasteiger partial charge in [0, 0.05) is 45.9 Å². The van der Waals surface area contributed by atoms with Crippen molar-refractivity contribution < 1.29 is 0 Å². The fourth-order valence-corrected chi connectivity index (χ4v) is 8.28. The van der Waals surface area contributed by atoms with Crippen LogP contribution >= 0.6 is 22.7 Å². The van der Waals surface area contributed by atoms with Crippen molar-refractivity contribution in [2.45, 2.75) is 0 Å². The van der Waals surface area contributed by atoms with Crippen LogP contribution in [0.1, 0.15) is 11.1 Å². The first kappa shape index (κ1) is 24.5. The van der Waals surface area contributed by atoms with Crippen molar-refractivity contribution in [2.24, 2.45) is 0 Å². The number of nitriles is 2. The number of hydrogen-bond acceptors (Lipinski definition) is 4. The van der Waals surface area contributed by atoms with Gasteiger partial charge in [0.25, 0.3) is 0 Å². The zero-order valence-corrected chi connectivity index (χ0v) is 23.9. The highest BCUT2D eigenvalue weighted by Crippen LogP contribution is 2.45. The van der Waals surface area contributed by atoms with Crippen LogP contribution in [0.5, 0.6) is 0 Å². The Hall–Kier alpha value is -5.26. The Labute approximate surface area is 250 Å². The summed E-state index contributed by atoms with van der Waals surface area (Å²) in [4.78, 5) is 0. The zero-order valence-electron chi connectivity index (χ0n) is 22.3. The van der Waals surface area contributed by atoms with Crippen molar-refractivity contribution in [3.8, 4) is 45.5 Å². The number of thiophene rings is 2. The van der Waals surface area contributed by atoms with E-state index < -0.39 is 0 Å². The summed E-state index contributed by atoms with van der Waals surface area (Å²) in [7, 11) is 0. The van der Waals surface area contributed by atoms with Crippen molar-refractivity contribution in [1.29, 1.82) is 10.5 Å². The van der Waals surface area contributed by atoms with E-state index in [0.29, 0.717) is 11.1 Å². The zero-order chi connectivity index (χ0) is 28.2. The fourth-order valence-electron chi connectivity index (χ4n) is 6.02. The third-order valence-electron chi connectivity index (χ3n) is 7.98. The van der Waals surface area contributed by atoms with Crippen molar-refractivity contribution in [2.75, 3.05) is 0 Å². The molecule has 4 heteroatoms. The van der Waals surface area contributed by atoms with Gasteiger partial charge in [0.15, 0.2) is 0 Å². The molecule has 2 aromatic heterocycles. The van der Waals surface area contributed by atoms with Gasteiger partial charge in [-0.1, -0.05) is 72.8 Å². The van der Waals surface area contributed by atoms with E-state index in [1.165, 1.54) is 40.5 Å². The predicted molar refractivity (Wildman–Crippen MR) is 178 cm³/mol. The second-order valence-corrected chi connectivity index (χ2v) is 12.5. The maximum Gasteiger partial charge on any atom is 0.0998 e. The molecule has 0 radical (unpaired) electrons. The highest BCUT2D eigenvalue weighted by molar-refractivity contribution is 7.26. The van der Waals surface area contributed by atoms with Crippen LogP contribution < -0.4 is 0 Å². The topological polar surface area (TPSA) is 47.6 Å².